The number of hydrogen-bond acceptors (Lipinski definition) is 7. The SMILES string of the molecule is CCOc1ccc(Cl)cc1NC(=O)c1cc2ccccc2c(N=Nc2ccc(S(=O)(=O)O)c(C)c2Cl)c1[O-].[Na+]. The van der Waals surface area contributed by atoms with E-state index in [0.29, 0.717) is 33.8 Å². The van der Waals surface area contributed by atoms with Gasteiger partial charge in [0.25, 0.3) is 16.0 Å². The molecule has 196 valence electrons. The Morgan fingerprint density at radius 1 is 1.08 bits per heavy atom. The number of benzene rings is 4. The molecular formula is C26H20Cl2N3NaO6S. The molecular weight excluding hydrogens is 576 g/mol. The van der Waals surface area contributed by atoms with Gasteiger partial charge in [0, 0.05) is 16.0 Å². The quantitative estimate of drug-likeness (QED) is 0.189. The molecule has 1 amide bonds. The molecule has 0 aliphatic heterocycles. The Balaban J connectivity index is 0.00000420. The summed E-state index contributed by atoms with van der Waals surface area (Å²) in [4.78, 5) is 12.8. The number of anilines is 1. The van der Waals surface area contributed by atoms with Gasteiger partial charge in [-0.2, -0.15) is 13.5 Å². The first-order valence-electron chi connectivity index (χ1n) is 11.2. The number of nitrogens with one attached hydrogen (secondary N) is 1. The Bertz CT molecular complexity index is 1710. The van der Waals surface area contributed by atoms with Gasteiger partial charge >= 0.3 is 29.6 Å². The number of amides is 1. The van der Waals surface area contributed by atoms with Crippen LogP contribution in [-0.2, 0) is 10.1 Å². The molecule has 0 atom stereocenters. The molecule has 0 bridgehead atoms. The minimum Gasteiger partial charge on any atom is -0.870 e. The number of halogens is 2. The molecule has 4 aromatic rings. The van der Waals surface area contributed by atoms with Crippen molar-refractivity contribution in [3.05, 3.63) is 81.8 Å². The smallest absolute Gasteiger partial charge is 0.870 e. The number of azo groups is 1. The summed E-state index contributed by atoms with van der Waals surface area (Å²) in [5.41, 5.74) is 0.120. The summed E-state index contributed by atoms with van der Waals surface area (Å²) in [6.07, 6.45) is 0. The summed E-state index contributed by atoms with van der Waals surface area (Å²) in [6.45, 7) is 3.54. The van der Waals surface area contributed by atoms with Gasteiger partial charge in [0.15, 0.2) is 0 Å². The van der Waals surface area contributed by atoms with Crippen LogP contribution in [0.15, 0.2) is 75.8 Å². The number of hydrogen-bond donors (Lipinski definition) is 2. The molecule has 4 rings (SSSR count). The number of ether oxygens (including phenoxy) is 1. The maximum atomic E-state index is 13.4. The van der Waals surface area contributed by atoms with Crippen molar-refractivity contribution in [1.82, 2.24) is 0 Å². The monoisotopic (exact) mass is 595 g/mol. The number of rotatable bonds is 7. The summed E-state index contributed by atoms with van der Waals surface area (Å²) in [5, 5.41) is 25.6. The molecule has 0 aromatic heterocycles. The normalized spacial score (nSPS) is 11.4. The standard InChI is InChI=1S/C26H21Cl2N3O6S.Na/c1-3-37-21-10-8-16(27)13-20(21)29-26(33)18-12-15-6-4-5-7-17(15)24(25(18)32)31-30-19-9-11-22(38(34,35)36)14(2)23(19)28;/h4-13,32H,3H2,1-2H3,(H,29,33)(H,34,35,36);/q;+1/p-1. The molecule has 39 heavy (non-hydrogen) atoms. The number of carbonyl (C=O) groups is 1. The molecule has 9 nitrogen and oxygen atoms in total. The Morgan fingerprint density at radius 2 is 1.79 bits per heavy atom. The van der Waals surface area contributed by atoms with E-state index in [0.717, 1.165) is 6.07 Å². The summed E-state index contributed by atoms with van der Waals surface area (Å²) in [7, 11) is -4.49. The molecule has 2 N–H and O–H groups in total. The van der Waals surface area contributed by atoms with Gasteiger partial charge in [-0.3, -0.25) is 9.35 Å². The third-order valence-corrected chi connectivity index (χ3v) is 7.27. The van der Waals surface area contributed by atoms with Crippen LogP contribution < -0.4 is 44.7 Å². The van der Waals surface area contributed by atoms with Crippen molar-refractivity contribution in [3.8, 4) is 11.5 Å². The van der Waals surface area contributed by atoms with Crippen LogP contribution in [0.2, 0.25) is 10.0 Å². The van der Waals surface area contributed by atoms with Crippen LogP contribution in [0.4, 0.5) is 17.1 Å². The van der Waals surface area contributed by atoms with Gasteiger partial charge in [0.1, 0.15) is 11.4 Å². The first-order valence-corrected chi connectivity index (χ1v) is 13.4. The fourth-order valence-corrected chi connectivity index (χ4v) is 4.92. The maximum absolute atomic E-state index is 13.4. The molecule has 0 radical (unpaired) electrons. The summed E-state index contributed by atoms with van der Waals surface area (Å²) < 4.78 is 38.0. The van der Waals surface area contributed by atoms with Gasteiger partial charge in [0.2, 0.25) is 0 Å². The van der Waals surface area contributed by atoms with Crippen molar-refractivity contribution in [1.29, 1.82) is 0 Å². The molecule has 0 unspecified atom stereocenters. The van der Waals surface area contributed by atoms with Crippen molar-refractivity contribution in [2.45, 2.75) is 18.7 Å². The van der Waals surface area contributed by atoms with E-state index in [-0.39, 0.29) is 62.0 Å². The fourth-order valence-electron chi connectivity index (χ4n) is 3.76. The Hall–Kier alpha value is -2.70. The first-order chi connectivity index (χ1) is 18.0. The van der Waals surface area contributed by atoms with Crippen molar-refractivity contribution >= 4 is 67.1 Å². The van der Waals surface area contributed by atoms with Gasteiger partial charge in [-0.1, -0.05) is 53.2 Å². The minimum atomic E-state index is -4.49. The summed E-state index contributed by atoms with van der Waals surface area (Å²) >= 11 is 12.3. The molecule has 4 aromatic carbocycles. The Labute approximate surface area is 256 Å². The summed E-state index contributed by atoms with van der Waals surface area (Å²) in [5.74, 6) is -1.00. The zero-order valence-electron chi connectivity index (χ0n) is 21.0. The molecule has 0 fully saturated rings. The zero-order chi connectivity index (χ0) is 27.6. The van der Waals surface area contributed by atoms with Crippen LogP contribution in [0, 0.1) is 6.92 Å². The predicted molar refractivity (Wildman–Crippen MR) is 144 cm³/mol. The van der Waals surface area contributed by atoms with Crippen LogP contribution in [-0.4, -0.2) is 25.5 Å². The molecule has 0 heterocycles. The second-order valence-corrected chi connectivity index (χ2v) is 10.3. The van der Waals surface area contributed by atoms with E-state index in [2.05, 4.69) is 15.5 Å². The van der Waals surface area contributed by atoms with E-state index in [1.165, 1.54) is 25.1 Å². The third-order valence-electron chi connectivity index (χ3n) is 5.56. The minimum absolute atomic E-state index is 0. The van der Waals surface area contributed by atoms with E-state index in [4.69, 9.17) is 27.9 Å². The van der Waals surface area contributed by atoms with Gasteiger partial charge in [-0.15, -0.1) is 5.11 Å². The molecule has 0 aliphatic rings. The number of fused-ring (bicyclic) bond motifs is 1. The van der Waals surface area contributed by atoms with E-state index >= 15 is 0 Å². The Morgan fingerprint density at radius 3 is 2.49 bits per heavy atom. The van der Waals surface area contributed by atoms with Crippen molar-refractivity contribution in [2.75, 3.05) is 11.9 Å². The molecule has 0 aliphatic carbocycles. The second-order valence-electron chi connectivity index (χ2n) is 8.05. The Kier molecular flexibility index (Phi) is 10.0. The van der Waals surface area contributed by atoms with E-state index in [1.807, 2.05) is 0 Å². The molecule has 13 heteroatoms. The van der Waals surface area contributed by atoms with Crippen LogP contribution in [0.3, 0.4) is 0 Å². The number of carbonyl (C=O) groups excluding carboxylic acids is 1. The summed E-state index contributed by atoms with van der Waals surface area (Å²) in [6, 6.07) is 15.4. The van der Waals surface area contributed by atoms with Crippen LogP contribution in [0.1, 0.15) is 22.8 Å². The van der Waals surface area contributed by atoms with E-state index in [9.17, 15) is 22.9 Å². The topological polar surface area (TPSA) is 140 Å². The van der Waals surface area contributed by atoms with E-state index in [1.54, 1.807) is 43.3 Å². The second kappa shape index (κ2) is 12.6. The molecule has 0 saturated carbocycles. The average molecular weight is 596 g/mol. The average Bonchev–Trinajstić information content (AvgIpc) is 2.86. The fraction of sp³-hybridized carbons (Fsp3) is 0.115. The van der Waals surface area contributed by atoms with Crippen molar-refractivity contribution in [2.24, 2.45) is 10.2 Å². The molecule has 0 spiro atoms. The molecule has 0 saturated heterocycles. The third kappa shape index (κ3) is 6.72. The largest absolute Gasteiger partial charge is 1.00 e. The van der Waals surface area contributed by atoms with Crippen molar-refractivity contribution < 1.29 is 57.2 Å². The van der Waals surface area contributed by atoms with E-state index < -0.39 is 21.8 Å². The van der Waals surface area contributed by atoms with Crippen molar-refractivity contribution in [3.63, 3.8) is 0 Å². The van der Waals surface area contributed by atoms with Gasteiger partial charge in [-0.25, -0.2) is 0 Å². The zero-order valence-corrected chi connectivity index (χ0v) is 25.4. The predicted octanol–water partition coefficient (Wildman–Crippen LogP) is 3.85. The van der Waals surface area contributed by atoms with Crippen LogP contribution >= 0.6 is 23.2 Å². The number of nitrogens with zero attached hydrogens (tertiary/aromatic N) is 2. The first kappa shape index (κ1) is 30.8. The van der Waals surface area contributed by atoms with Gasteiger partial charge < -0.3 is 15.2 Å². The van der Waals surface area contributed by atoms with Gasteiger partial charge in [-0.05, 0) is 61.2 Å². The van der Waals surface area contributed by atoms with Gasteiger partial charge in [0.05, 0.1) is 27.9 Å². The van der Waals surface area contributed by atoms with Crippen LogP contribution in [0.25, 0.3) is 10.8 Å². The maximum Gasteiger partial charge on any atom is 1.00 e. The van der Waals surface area contributed by atoms with Crippen LogP contribution in [0.5, 0.6) is 11.5 Å².